The van der Waals surface area contributed by atoms with Crippen LogP contribution in [-0.2, 0) is 17.6 Å². The number of aliphatic carboxylic acids is 1. The molecule has 0 saturated heterocycles. The molecule has 2 rings (SSSR count). The molecule has 0 aliphatic carbocycles. The molecule has 1 aromatic carbocycles. The normalized spacial score (nSPS) is 11.9. The van der Waals surface area contributed by atoms with Gasteiger partial charge in [-0.1, -0.05) is 41.7 Å². The van der Waals surface area contributed by atoms with Crippen LogP contribution < -0.4 is 5.32 Å². The summed E-state index contributed by atoms with van der Waals surface area (Å²) in [6.07, 6.45) is 0.990. The molecule has 1 aromatic heterocycles. The van der Waals surface area contributed by atoms with Crippen molar-refractivity contribution in [3.8, 4) is 0 Å². The minimum Gasteiger partial charge on any atom is -0.481 e. The Morgan fingerprint density at radius 1 is 1.32 bits per heavy atom. The SMILES string of the molecule is CCc1nnsc1C(=O)NCC(Cc1ccccc1)C(=O)O. The van der Waals surface area contributed by atoms with E-state index in [4.69, 9.17) is 0 Å². The van der Waals surface area contributed by atoms with E-state index in [9.17, 15) is 14.7 Å². The fourth-order valence-corrected chi connectivity index (χ4v) is 2.72. The molecule has 0 saturated carbocycles. The lowest BCUT2D eigenvalue weighted by atomic mass is 9.99. The van der Waals surface area contributed by atoms with Crippen molar-refractivity contribution in [3.63, 3.8) is 0 Å². The van der Waals surface area contributed by atoms with E-state index >= 15 is 0 Å². The van der Waals surface area contributed by atoms with Crippen LogP contribution in [0.25, 0.3) is 0 Å². The first-order chi connectivity index (χ1) is 10.6. The van der Waals surface area contributed by atoms with E-state index in [-0.39, 0.29) is 12.5 Å². The van der Waals surface area contributed by atoms with Gasteiger partial charge in [0.05, 0.1) is 11.6 Å². The van der Waals surface area contributed by atoms with Crippen molar-refractivity contribution in [1.29, 1.82) is 0 Å². The summed E-state index contributed by atoms with van der Waals surface area (Å²) in [5, 5.41) is 15.9. The molecule has 116 valence electrons. The second kappa shape index (κ2) is 7.65. The number of carbonyl (C=O) groups excluding carboxylic acids is 1. The molecule has 0 aliphatic rings. The number of aryl methyl sites for hydroxylation is 1. The number of carboxylic acid groups (broad SMARTS) is 1. The van der Waals surface area contributed by atoms with E-state index in [0.717, 1.165) is 17.1 Å². The van der Waals surface area contributed by atoms with Gasteiger partial charge < -0.3 is 10.4 Å². The highest BCUT2D eigenvalue weighted by atomic mass is 32.1. The van der Waals surface area contributed by atoms with Crippen LogP contribution in [0.15, 0.2) is 30.3 Å². The van der Waals surface area contributed by atoms with Gasteiger partial charge in [-0.3, -0.25) is 9.59 Å². The summed E-state index contributed by atoms with van der Waals surface area (Å²) in [6.45, 7) is 1.97. The van der Waals surface area contributed by atoms with Crippen LogP contribution in [0.2, 0.25) is 0 Å². The zero-order chi connectivity index (χ0) is 15.9. The van der Waals surface area contributed by atoms with Gasteiger partial charge in [-0.15, -0.1) is 5.10 Å². The van der Waals surface area contributed by atoms with Gasteiger partial charge in [-0.25, -0.2) is 0 Å². The van der Waals surface area contributed by atoms with Crippen molar-refractivity contribution in [2.24, 2.45) is 5.92 Å². The van der Waals surface area contributed by atoms with E-state index in [1.54, 1.807) is 0 Å². The van der Waals surface area contributed by atoms with Gasteiger partial charge in [0.15, 0.2) is 0 Å². The molecule has 1 heterocycles. The lowest BCUT2D eigenvalue weighted by Gasteiger charge is -2.13. The predicted octanol–water partition coefficient (Wildman–Crippen LogP) is 1.77. The van der Waals surface area contributed by atoms with Crippen LogP contribution in [0.5, 0.6) is 0 Å². The molecule has 1 atom stereocenters. The molecule has 22 heavy (non-hydrogen) atoms. The Morgan fingerprint density at radius 2 is 2.05 bits per heavy atom. The molecule has 0 bridgehead atoms. The summed E-state index contributed by atoms with van der Waals surface area (Å²) in [7, 11) is 0. The van der Waals surface area contributed by atoms with Crippen LogP contribution >= 0.6 is 11.5 Å². The third kappa shape index (κ3) is 4.11. The maximum atomic E-state index is 12.1. The molecule has 1 amide bonds. The van der Waals surface area contributed by atoms with Crippen LogP contribution in [0.4, 0.5) is 0 Å². The number of benzene rings is 1. The molecule has 7 heteroatoms. The van der Waals surface area contributed by atoms with Crippen molar-refractivity contribution in [1.82, 2.24) is 14.9 Å². The third-order valence-corrected chi connectivity index (χ3v) is 4.05. The summed E-state index contributed by atoms with van der Waals surface area (Å²) >= 11 is 1.03. The van der Waals surface area contributed by atoms with E-state index in [1.165, 1.54) is 0 Å². The van der Waals surface area contributed by atoms with E-state index in [2.05, 4.69) is 14.9 Å². The zero-order valence-corrected chi connectivity index (χ0v) is 13.0. The first kappa shape index (κ1) is 16.1. The molecular weight excluding hydrogens is 302 g/mol. The van der Waals surface area contributed by atoms with Crippen molar-refractivity contribution in [2.75, 3.05) is 6.54 Å². The summed E-state index contributed by atoms with van der Waals surface area (Å²) in [5.41, 5.74) is 1.57. The highest BCUT2D eigenvalue weighted by Gasteiger charge is 2.21. The zero-order valence-electron chi connectivity index (χ0n) is 12.2. The third-order valence-electron chi connectivity index (χ3n) is 3.28. The van der Waals surface area contributed by atoms with Crippen molar-refractivity contribution >= 4 is 23.4 Å². The fourth-order valence-electron chi connectivity index (χ4n) is 2.05. The molecule has 2 aromatic rings. The molecular formula is C15H17N3O3S. The first-order valence-corrected chi connectivity index (χ1v) is 7.75. The largest absolute Gasteiger partial charge is 0.481 e. The highest BCUT2D eigenvalue weighted by Crippen LogP contribution is 2.12. The van der Waals surface area contributed by atoms with Gasteiger partial charge in [0, 0.05) is 6.54 Å². The van der Waals surface area contributed by atoms with Crippen molar-refractivity contribution in [3.05, 3.63) is 46.5 Å². The number of rotatable bonds is 7. The second-order valence-corrected chi connectivity index (χ2v) is 5.59. The maximum Gasteiger partial charge on any atom is 0.308 e. The molecule has 0 radical (unpaired) electrons. The van der Waals surface area contributed by atoms with Gasteiger partial charge in [0.1, 0.15) is 4.88 Å². The van der Waals surface area contributed by atoms with Gasteiger partial charge in [0.25, 0.3) is 5.91 Å². The van der Waals surface area contributed by atoms with Crippen LogP contribution in [-0.4, -0.2) is 33.1 Å². The van der Waals surface area contributed by atoms with E-state index in [0.29, 0.717) is 23.4 Å². The predicted molar refractivity (Wildman–Crippen MR) is 82.9 cm³/mol. The summed E-state index contributed by atoms with van der Waals surface area (Å²) < 4.78 is 3.76. The first-order valence-electron chi connectivity index (χ1n) is 6.98. The average molecular weight is 319 g/mol. The number of nitrogens with one attached hydrogen (secondary N) is 1. The minimum absolute atomic E-state index is 0.0735. The van der Waals surface area contributed by atoms with Gasteiger partial charge in [0.2, 0.25) is 0 Å². The Morgan fingerprint density at radius 3 is 2.68 bits per heavy atom. The summed E-state index contributed by atoms with van der Waals surface area (Å²) in [4.78, 5) is 23.9. The number of nitrogens with zero attached hydrogens (tertiary/aromatic N) is 2. The smallest absolute Gasteiger partial charge is 0.308 e. The van der Waals surface area contributed by atoms with Crippen molar-refractivity contribution in [2.45, 2.75) is 19.8 Å². The van der Waals surface area contributed by atoms with Crippen LogP contribution in [0.1, 0.15) is 27.9 Å². The van der Waals surface area contributed by atoms with E-state index < -0.39 is 11.9 Å². The van der Waals surface area contributed by atoms with E-state index in [1.807, 2.05) is 37.3 Å². The average Bonchev–Trinajstić information content (AvgIpc) is 3.00. The lowest BCUT2D eigenvalue weighted by Crippen LogP contribution is -2.34. The van der Waals surface area contributed by atoms with Crippen molar-refractivity contribution < 1.29 is 14.7 Å². The number of hydrogen-bond acceptors (Lipinski definition) is 5. The number of carbonyl (C=O) groups is 2. The minimum atomic E-state index is -0.928. The Bertz CT molecular complexity index is 642. The summed E-state index contributed by atoms with van der Waals surface area (Å²) in [5.74, 6) is -1.91. The number of amides is 1. The Balaban J connectivity index is 1.97. The quantitative estimate of drug-likeness (QED) is 0.811. The van der Waals surface area contributed by atoms with Gasteiger partial charge in [-0.05, 0) is 29.9 Å². The molecule has 0 fully saturated rings. The standard InChI is InChI=1S/C15H17N3O3S/c1-2-12-13(22-18-17-12)14(19)16-9-11(15(20)21)8-10-6-4-3-5-7-10/h3-7,11H,2,8-9H2,1H3,(H,16,19)(H,20,21). The van der Waals surface area contributed by atoms with Gasteiger partial charge in [-0.2, -0.15) is 0 Å². The lowest BCUT2D eigenvalue weighted by molar-refractivity contribution is -0.141. The Hall–Kier alpha value is -2.28. The second-order valence-electron chi connectivity index (χ2n) is 4.84. The number of hydrogen-bond donors (Lipinski definition) is 2. The Labute approximate surface area is 132 Å². The monoisotopic (exact) mass is 319 g/mol. The topological polar surface area (TPSA) is 92.2 Å². The fraction of sp³-hybridized carbons (Fsp3) is 0.333. The molecule has 6 nitrogen and oxygen atoms in total. The van der Waals surface area contributed by atoms with Gasteiger partial charge >= 0.3 is 5.97 Å². The molecule has 0 aliphatic heterocycles. The number of aromatic nitrogens is 2. The highest BCUT2D eigenvalue weighted by molar-refractivity contribution is 7.08. The number of carboxylic acids is 1. The molecule has 0 spiro atoms. The summed E-state index contributed by atoms with van der Waals surface area (Å²) in [6, 6.07) is 9.36. The Kier molecular flexibility index (Phi) is 5.60. The van der Waals surface area contributed by atoms with Crippen LogP contribution in [0.3, 0.4) is 0 Å². The molecule has 2 N–H and O–H groups in total. The maximum absolute atomic E-state index is 12.1. The van der Waals surface area contributed by atoms with Crippen LogP contribution in [0, 0.1) is 5.92 Å². The molecule has 1 unspecified atom stereocenters.